The molecule has 30 heavy (non-hydrogen) atoms. The summed E-state index contributed by atoms with van der Waals surface area (Å²) < 4.78 is 5.94. The Labute approximate surface area is 181 Å². The van der Waals surface area contributed by atoms with E-state index in [1.54, 1.807) is 6.08 Å². The summed E-state index contributed by atoms with van der Waals surface area (Å²) in [6, 6.07) is 8.42. The van der Waals surface area contributed by atoms with E-state index in [1.165, 1.54) is 16.7 Å². The first-order chi connectivity index (χ1) is 14.6. The highest BCUT2D eigenvalue weighted by Crippen LogP contribution is 2.37. The predicted octanol–water partition coefficient (Wildman–Crippen LogP) is 5.77. The van der Waals surface area contributed by atoms with Gasteiger partial charge in [-0.25, -0.2) is 0 Å². The van der Waals surface area contributed by atoms with Gasteiger partial charge in [-0.2, -0.15) is 0 Å². The molecule has 0 unspecified atom stereocenters. The van der Waals surface area contributed by atoms with Gasteiger partial charge in [-0.3, -0.25) is 4.79 Å². The van der Waals surface area contributed by atoms with Crippen LogP contribution in [0.1, 0.15) is 38.2 Å². The van der Waals surface area contributed by atoms with Gasteiger partial charge < -0.3 is 9.64 Å². The minimum atomic E-state index is 0.162. The molecule has 0 spiro atoms. The van der Waals surface area contributed by atoms with Crippen molar-refractivity contribution in [3.63, 3.8) is 0 Å². The van der Waals surface area contributed by atoms with Gasteiger partial charge in [0.25, 0.3) is 0 Å². The molecule has 0 heterocycles. The number of hydrogen-bond acceptors (Lipinski definition) is 3. The van der Waals surface area contributed by atoms with E-state index in [0.29, 0.717) is 12.3 Å². The third-order valence-electron chi connectivity index (χ3n) is 5.52. The van der Waals surface area contributed by atoms with Crippen molar-refractivity contribution in [2.75, 3.05) is 27.2 Å². The van der Waals surface area contributed by atoms with Gasteiger partial charge in [0.15, 0.2) is 5.78 Å². The number of unbranched alkanes of at least 4 members (excludes halogenated alkanes) is 1. The zero-order valence-electron chi connectivity index (χ0n) is 18.4. The standard InChI is InChI=1S/C27H33NO2/c1-4-26(21-9-5-6-10-21)27(22-11-15-24(29)16-12-22)23-13-17-25(18-14-23)30-20-8-7-19-28(2)3/h5-6,9-15,17-18,21H,4,7-8,16,19-20H2,1-3H3/b27-26-. The molecule has 0 atom stereocenters. The van der Waals surface area contributed by atoms with Crippen LogP contribution in [-0.2, 0) is 4.79 Å². The molecule has 0 radical (unpaired) electrons. The van der Waals surface area contributed by atoms with Crippen molar-refractivity contribution in [1.82, 2.24) is 4.90 Å². The van der Waals surface area contributed by atoms with Crippen LogP contribution >= 0.6 is 0 Å². The van der Waals surface area contributed by atoms with Crippen molar-refractivity contribution in [2.45, 2.75) is 32.6 Å². The van der Waals surface area contributed by atoms with Crippen LogP contribution in [0.4, 0.5) is 0 Å². The Morgan fingerprint density at radius 3 is 2.40 bits per heavy atom. The monoisotopic (exact) mass is 403 g/mol. The maximum absolute atomic E-state index is 11.7. The van der Waals surface area contributed by atoms with Gasteiger partial charge in [-0.1, -0.05) is 61.1 Å². The van der Waals surface area contributed by atoms with E-state index in [9.17, 15) is 4.79 Å². The SMILES string of the molecule is CC/C(=C(\C1=CCC(=O)C=C1)c1ccc(OCCCCN(C)C)cc1)C1C=CC=C1. The van der Waals surface area contributed by atoms with E-state index in [2.05, 4.69) is 80.6 Å². The van der Waals surface area contributed by atoms with Crippen LogP contribution in [0.5, 0.6) is 5.75 Å². The predicted molar refractivity (Wildman–Crippen MR) is 126 cm³/mol. The van der Waals surface area contributed by atoms with E-state index < -0.39 is 0 Å². The van der Waals surface area contributed by atoms with E-state index in [0.717, 1.165) is 43.7 Å². The summed E-state index contributed by atoms with van der Waals surface area (Å²) in [5.41, 5.74) is 4.92. The number of hydrogen-bond donors (Lipinski definition) is 0. The molecule has 2 aliphatic carbocycles. The normalized spacial score (nSPS) is 16.9. The number of allylic oxidation sites excluding steroid dienone is 10. The average Bonchev–Trinajstić information content (AvgIpc) is 3.27. The Hall–Kier alpha value is -2.65. The van der Waals surface area contributed by atoms with Gasteiger partial charge in [-0.15, -0.1) is 0 Å². The molecular weight excluding hydrogens is 370 g/mol. The maximum atomic E-state index is 11.7. The first kappa shape index (κ1) is 22.0. The second-order valence-electron chi connectivity index (χ2n) is 8.10. The van der Waals surface area contributed by atoms with Gasteiger partial charge in [0.05, 0.1) is 6.61 Å². The lowest BCUT2D eigenvalue weighted by atomic mass is 9.84. The number of carbonyl (C=O) groups excluding carboxylic acids is 1. The third kappa shape index (κ3) is 5.93. The Morgan fingerprint density at radius 2 is 1.80 bits per heavy atom. The smallest absolute Gasteiger partial charge is 0.159 e. The van der Waals surface area contributed by atoms with Crippen molar-refractivity contribution < 1.29 is 9.53 Å². The van der Waals surface area contributed by atoms with Crippen molar-refractivity contribution in [3.8, 4) is 5.75 Å². The lowest BCUT2D eigenvalue weighted by Crippen LogP contribution is -2.13. The second-order valence-corrected chi connectivity index (χ2v) is 8.10. The first-order valence-corrected chi connectivity index (χ1v) is 11.0. The number of benzene rings is 1. The molecule has 0 aromatic heterocycles. The van der Waals surface area contributed by atoms with Gasteiger partial charge >= 0.3 is 0 Å². The van der Waals surface area contributed by atoms with Gasteiger partial charge in [0.2, 0.25) is 0 Å². The lowest BCUT2D eigenvalue weighted by molar-refractivity contribution is -0.113. The van der Waals surface area contributed by atoms with Crippen LogP contribution in [0.3, 0.4) is 0 Å². The van der Waals surface area contributed by atoms with Crippen LogP contribution in [0, 0.1) is 5.92 Å². The van der Waals surface area contributed by atoms with Crippen LogP contribution in [0.25, 0.3) is 5.57 Å². The fourth-order valence-corrected chi connectivity index (χ4v) is 3.93. The highest BCUT2D eigenvalue weighted by Gasteiger charge is 2.19. The summed E-state index contributed by atoms with van der Waals surface area (Å²) in [5.74, 6) is 1.38. The van der Waals surface area contributed by atoms with Crippen molar-refractivity contribution in [1.29, 1.82) is 0 Å². The topological polar surface area (TPSA) is 29.5 Å². The lowest BCUT2D eigenvalue weighted by Gasteiger charge is -2.21. The van der Waals surface area contributed by atoms with Crippen molar-refractivity contribution in [2.24, 2.45) is 5.92 Å². The molecule has 1 aromatic carbocycles. The van der Waals surface area contributed by atoms with Crippen LogP contribution in [0.15, 0.2) is 77.9 Å². The molecule has 158 valence electrons. The molecule has 0 N–H and O–H groups in total. The van der Waals surface area contributed by atoms with Gasteiger partial charge in [-0.05, 0) is 74.8 Å². The molecule has 0 aliphatic heterocycles. The fourth-order valence-electron chi connectivity index (χ4n) is 3.93. The molecule has 0 saturated carbocycles. The summed E-state index contributed by atoms with van der Waals surface area (Å²) in [6.07, 6.45) is 18.0. The van der Waals surface area contributed by atoms with Crippen molar-refractivity contribution >= 4 is 11.4 Å². The maximum Gasteiger partial charge on any atom is 0.159 e. The summed E-state index contributed by atoms with van der Waals surface area (Å²) in [7, 11) is 4.19. The van der Waals surface area contributed by atoms with Crippen LogP contribution in [0.2, 0.25) is 0 Å². The number of ketones is 1. The second kappa shape index (κ2) is 10.9. The molecule has 0 saturated heterocycles. The fraction of sp³-hybridized carbons (Fsp3) is 0.370. The minimum Gasteiger partial charge on any atom is -0.494 e. The molecule has 2 aliphatic rings. The minimum absolute atomic E-state index is 0.162. The molecule has 3 rings (SSSR count). The molecule has 3 heteroatoms. The molecule has 3 nitrogen and oxygen atoms in total. The van der Waals surface area contributed by atoms with Gasteiger partial charge in [0.1, 0.15) is 5.75 Å². The van der Waals surface area contributed by atoms with E-state index in [4.69, 9.17) is 4.74 Å². The average molecular weight is 404 g/mol. The Bertz CT molecular complexity index is 870. The largest absolute Gasteiger partial charge is 0.494 e. The first-order valence-electron chi connectivity index (χ1n) is 11.0. The molecule has 1 aromatic rings. The van der Waals surface area contributed by atoms with Crippen LogP contribution < -0.4 is 4.74 Å². The van der Waals surface area contributed by atoms with Crippen molar-refractivity contribution in [3.05, 3.63) is 83.5 Å². The van der Waals surface area contributed by atoms with E-state index in [-0.39, 0.29) is 5.78 Å². The quantitative estimate of drug-likeness (QED) is 0.465. The van der Waals surface area contributed by atoms with Crippen LogP contribution in [-0.4, -0.2) is 37.9 Å². The number of ether oxygens (including phenoxy) is 1. The zero-order chi connectivity index (χ0) is 21.3. The summed E-state index contributed by atoms with van der Waals surface area (Å²) in [5, 5.41) is 0. The highest BCUT2D eigenvalue weighted by atomic mass is 16.5. The molecule has 0 amide bonds. The number of rotatable bonds is 10. The molecule has 0 bridgehead atoms. The summed E-state index contributed by atoms with van der Waals surface area (Å²) in [4.78, 5) is 13.9. The van der Waals surface area contributed by atoms with E-state index >= 15 is 0 Å². The summed E-state index contributed by atoms with van der Waals surface area (Å²) >= 11 is 0. The zero-order valence-corrected chi connectivity index (χ0v) is 18.4. The summed E-state index contributed by atoms with van der Waals surface area (Å²) in [6.45, 7) is 4.04. The third-order valence-corrected chi connectivity index (χ3v) is 5.52. The van der Waals surface area contributed by atoms with E-state index in [1.807, 2.05) is 6.08 Å². The molecule has 0 fully saturated rings. The highest BCUT2D eigenvalue weighted by molar-refractivity contribution is 5.96. The Morgan fingerprint density at radius 1 is 1.07 bits per heavy atom. The van der Waals surface area contributed by atoms with Gasteiger partial charge in [0, 0.05) is 12.3 Å². The Balaban J connectivity index is 1.80. The number of nitrogens with zero attached hydrogens (tertiary/aromatic N) is 1. The Kier molecular flexibility index (Phi) is 8.04. The molecular formula is C27H33NO2. The number of carbonyl (C=O) groups is 1.